The maximum Gasteiger partial charge on any atom is 0.335 e. The molecule has 1 heterocycles. The molecule has 1 aromatic carbocycles. The molecule has 1 aliphatic carbocycles. The monoisotopic (exact) mass is 331 g/mol. The SMILES string of the molecule is O=C(O)c1cccc(CC(=O)N2CCC(OC3CCCC3)CC2)c1. The first-order valence-corrected chi connectivity index (χ1v) is 8.87. The molecule has 24 heavy (non-hydrogen) atoms. The highest BCUT2D eigenvalue weighted by atomic mass is 16.5. The van der Waals surface area contributed by atoms with E-state index in [1.165, 1.54) is 25.7 Å². The lowest BCUT2D eigenvalue weighted by molar-refractivity contribution is -0.133. The third kappa shape index (κ3) is 4.35. The average molecular weight is 331 g/mol. The second kappa shape index (κ2) is 7.79. The standard InChI is InChI=1S/C19H25NO4/c21-18(13-14-4-3-5-15(12-14)19(22)23)20-10-8-17(9-11-20)24-16-6-1-2-7-16/h3-5,12,16-17H,1-2,6-11,13H2,(H,22,23). The zero-order chi connectivity index (χ0) is 16.9. The molecule has 0 aromatic heterocycles. The minimum Gasteiger partial charge on any atom is -0.478 e. The molecule has 5 heteroatoms. The van der Waals surface area contributed by atoms with E-state index >= 15 is 0 Å². The number of carbonyl (C=O) groups is 2. The molecule has 0 atom stereocenters. The van der Waals surface area contributed by atoms with E-state index in [1.807, 2.05) is 4.90 Å². The van der Waals surface area contributed by atoms with Crippen molar-refractivity contribution in [1.29, 1.82) is 0 Å². The molecule has 1 aliphatic heterocycles. The van der Waals surface area contributed by atoms with E-state index < -0.39 is 5.97 Å². The molecule has 3 rings (SSSR count). The van der Waals surface area contributed by atoms with Gasteiger partial charge in [-0.15, -0.1) is 0 Å². The summed E-state index contributed by atoms with van der Waals surface area (Å²) in [5.74, 6) is -0.897. The Labute approximate surface area is 142 Å². The summed E-state index contributed by atoms with van der Waals surface area (Å²) < 4.78 is 6.14. The van der Waals surface area contributed by atoms with Gasteiger partial charge in [-0.3, -0.25) is 4.79 Å². The zero-order valence-electron chi connectivity index (χ0n) is 13.9. The van der Waals surface area contributed by atoms with Crippen LogP contribution in [-0.4, -0.2) is 47.2 Å². The summed E-state index contributed by atoms with van der Waals surface area (Å²) in [6, 6.07) is 6.62. The summed E-state index contributed by atoms with van der Waals surface area (Å²) in [6.45, 7) is 1.46. The Morgan fingerprint density at radius 2 is 1.75 bits per heavy atom. The molecule has 1 saturated carbocycles. The lowest BCUT2D eigenvalue weighted by Crippen LogP contribution is -2.42. The molecule has 0 bridgehead atoms. The Balaban J connectivity index is 1.48. The summed E-state index contributed by atoms with van der Waals surface area (Å²) in [5.41, 5.74) is 0.980. The molecule has 1 N–H and O–H groups in total. The number of carboxylic acid groups (broad SMARTS) is 1. The molecule has 130 valence electrons. The van der Waals surface area contributed by atoms with Crippen molar-refractivity contribution < 1.29 is 19.4 Å². The van der Waals surface area contributed by atoms with E-state index in [4.69, 9.17) is 9.84 Å². The topological polar surface area (TPSA) is 66.8 Å². The average Bonchev–Trinajstić information content (AvgIpc) is 3.08. The van der Waals surface area contributed by atoms with Crippen LogP contribution in [0.15, 0.2) is 24.3 Å². The van der Waals surface area contributed by atoms with Gasteiger partial charge in [0.1, 0.15) is 0 Å². The fourth-order valence-electron chi connectivity index (χ4n) is 3.64. The van der Waals surface area contributed by atoms with Gasteiger partial charge >= 0.3 is 5.97 Å². The third-order valence-corrected chi connectivity index (χ3v) is 5.01. The lowest BCUT2D eigenvalue weighted by Gasteiger charge is -2.33. The number of benzene rings is 1. The smallest absolute Gasteiger partial charge is 0.335 e. The Bertz CT molecular complexity index is 587. The van der Waals surface area contributed by atoms with Gasteiger partial charge in [-0.05, 0) is 43.4 Å². The van der Waals surface area contributed by atoms with Gasteiger partial charge in [0.05, 0.1) is 24.2 Å². The highest BCUT2D eigenvalue weighted by Crippen LogP contribution is 2.25. The number of piperidine rings is 1. The summed E-state index contributed by atoms with van der Waals surface area (Å²) in [4.78, 5) is 25.3. The van der Waals surface area contributed by atoms with Crippen molar-refractivity contribution in [1.82, 2.24) is 4.90 Å². The number of nitrogens with zero attached hydrogens (tertiary/aromatic N) is 1. The summed E-state index contributed by atoms with van der Waals surface area (Å²) in [5, 5.41) is 9.03. The van der Waals surface area contributed by atoms with Crippen molar-refractivity contribution >= 4 is 11.9 Å². The van der Waals surface area contributed by atoms with Crippen LogP contribution in [0, 0.1) is 0 Å². The lowest BCUT2D eigenvalue weighted by atomic mass is 10.0. The van der Waals surface area contributed by atoms with Gasteiger partial charge in [-0.1, -0.05) is 25.0 Å². The first kappa shape index (κ1) is 17.0. The summed E-state index contributed by atoms with van der Waals surface area (Å²) in [6.07, 6.45) is 7.68. The van der Waals surface area contributed by atoms with Gasteiger partial charge in [0.2, 0.25) is 5.91 Å². The molecule has 0 unspecified atom stereocenters. The third-order valence-electron chi connectivity index (χ3n) is 5.01. The van der Waals surface area contributed by atoms with Gasteiger partial charge in [-0.25, -0.2) is 4.79 Å². The van der Waals surface area contributed by atoms with Crippen LogP contribution in [0.5, 0.6) is 0 Å². The first-order chi connectivity index (χ1) is 11.6. The summed E-state index contributed by atoms with van der Waals surface area (Å²) in [7, 11) is 0. The molecule has 5 nitrogen and oxygen atoms in total. The van der Waals surface area contributed by atoms with Crippen molar-refractivity contribution in [3.63, 3.8) is 0 Å². The fraction of sp³-hybridized carbons (Fsp3) is 0.579. The van der Waals surface area contributed by atoms with E-state index in [2.05, 4.69) is 0 Å². The number of likely N-dealkylation sites (tertiary alicyclic amines) is 1. The highest BCUT2D eigenvalue weighted by molar-refractivity contribution is 5.88. The van der Waals surface area contributed by atoms with Gasteiger partial charge < -0.3 is 14.7 Å². The number of hydrogen-bond donors (Lipinski definition) is 1. The molecule has 1 saturated heterocycles. The van der Waals surface area contributed by atoms with Crippen molar-refractivity contribution in [2.45, 2.75) is 57.2 Å². The van der Waals surface area contributed by atoms with Crippen LogP contribution in [0.25, 0.3) is 0 Å². The Morgan fingerprint density at radius 1 is 1.08 bits per heavy atom. The normalized spacial score (nSPS) is 19.6. The number of carbonyl (C=O) groups excluding carboxylic acids is 1. The molecule has 1 aromatic rings. The molecule has 2 aliphatic rings. The van der Waals surface area contributed by atoms with Crippen molar-refractivity contribution in [2.24, 2.45) is 0 Å². The van der Waals surface area contributed by atoms with Gasteiger partial charge in [-0.2, -0.15) is 0 Å². The van der Waals surface area contributed by atoms with Crippen LogP contribution in [0.3, 0.4) is 0 Å². The van der Waals surface area contributed by atoms with E-state index in [1.54, 1.807) is 24.3 Å². The van der Waals surface area contributed by atoms with Crippen molar-refractivity contribution in [2.75, 3.05) is 13.1 Å². The fourth-order valence-corrected chi connectivity index (χ4v) is 3.64. The first-order valence-electron chi connectivity index (χ1n) is 8.87. The molecule has 2 fully saturated rings. The minimum absolute atomic E-state index is 0.0665. The van der Waals surface area contributed by atoms with E-state index in [9.17, 15) is 9.59 Å². The minimum atomic E-state index is -0.964. The van der Waals surface area contributed by atoms with Crippen molar-refractivity contribution in [3.05, 3.63) is 35.4 Å². The van der Waals surface area contributed by atoms with Gasteiger partial charge in [0.25, 0.3) is 0 Å². The summed E-state index contributed by atoms with van der Waals surface area (Å²) >= 11 is 0. The maximum atomic E-state index is 12.4. The zero-order valence-corrected chi connectivity index (χ0v) is 13.9. The van der Waals surface area contributed by atoms with Gasteiger partial charge in [0.15, 0.2) is 0 Å². The van der Waals surface area contributed by atoms with Crippen LogP contribution in [0.4, 0.5) is 0 Å². The number of rotatable bonds is 5. The van der Waals surface area contributed by atoms with E-state index in [0.29, 0.717) is 6.10 Å². The molecular formula is C19H25NO4. The molecular weight excluding hydrogens is 306 g/mol. The quantitative estimate of drug-likeness (QED) is 0.901. The number of amides is 1. The van der Waals surface area contributed by atoms with Crippen LogP contribution in [-0.2, 0) is 16.0 Å². The van der Waals surface area contributed by atoms with E-state index in [0.717, 1.165) is 31.5 Å². The van der Waals surface area contributed by atoms with Crippen LogP contribution < -0.4 is 0 Å². The predicted molar refractivity (Wildman–Crippen MR) is 90.0 cm³/mol. The molecule has 0 radical (unpaired) electrons. The maximum absolute atomic E-state index is 12.4. The number of hydrogen-bond acceptors (Lipinski definition) is 3. The Kier molecular flexibility index (Phi) is 5.51. The number of ether oxygens (including phenoxy) is 1. The Morgan fingerprint density at radius 3 is 2.42 bits per heavy atom. The highest BCUT2D eigenvalue weighted by Gasteiger charge is 2.26. The van der Waals surface area contributed by atoms with E-state index in [-0.39, 0.29) is 24.0 Å². The number of carboxylic acids is 1. The second-order valence-corrected chi connectivity index (χ2v) is 6.81. The predicted octanol–water partition coefficient (Wildman–Crippen LogP) is 2.88. The molecule has 0 spiro atoms. The number of aromatic carboxylic acids is 1. The molecule has 1 amide bonds. The van der Waals surface area contributed by atoms with Crippen molar-refractivity contribution in [3.8, 4) is 0 Å². The largest absolute Gasteiger partial charge is 0.478 e. The van der Waals surface area contributed by atoms with Crippen LogP contribution in [0.1, 0.15) is 54.4 Å². The second-order valence-electron chi connectivity index (χ2n) is 6.81. The Hall–Kier alpha value is -1.88. The van der Waals surface area contributed by atoms with Crippen LogP contribution >= 0.6 is 0 Å². The van der Waals surface area contributed by atoms with Gasteiger partial charge in [0, 0.05) is 13.1 Å². The van der Waals surface area contributed by atoms with Crippen LogP contribution in [0.2, 0.25) is 0 Å².